The molecule has 3 rings (SSSR count). The first-order valence-corrected chi connectivity index (χ1v) is 7.28. The maximum Gasteiger partial charge on any atom is 0.153 e. The lowest BCUT2D eigenvalue weighted by molar-refractivity contribution is -0.143. The molecular formula is C16H15ClO3. The molecule has 0 heterocycles. The van der Waals surface area contributed by atoms with Crippen LogP contribution in [0.5, 0.6) is 0 Å². The van der Waals surface area contributed by atoms with Crippen LogP contribution in [-0.2, 0) is 14.4 Å². The van der Waals surface area contributed by atoms with Crippen molar-refractivity contribution < 1.29 is 14.4 Å². The number of carbonyl (C=O) groups excluding carboxylic acids is 3. The van der Waals surface area contributed by atoms with Crippen LogP contribution in [0.15, 0.2) is 24.3 Å². The van der Waals surface area contributed by atoms with E-state index in [1.54, 1.807) is 12.1 Å². The van der Waals surface area contributed by atoms with Crippen LogP contribution in [0.1, 0.15) is 37.2 Å². The highest BCUT2D eigenvalue weighted by Gasteiger charge is 2.45. The predicted octanol–water partition coefficient (Wildman–Crippen LogP) is 2.95. The van der Waals surface area contributed by atoms with Crippen molar-refractivity contribution in [2.45, 2.75) is 31.6 Å². The van der Waals surface area contributed by atoms with Gasteiger partial charge in [-0.3, -0.25) is 14.4 Å². The largest absolute Gasteiger partial charge is 0.298 e. The highest BCUT2D eigenvalue weighted by molar-refractivity contribution is 6.30. The van der Waals surface area contributed by atoms with Crippen molar-refractivity contribution in [1.29, 1.82) is 0 Å². The third-order valence-electron chi connectivity index (χ3n) is 4.14. The van der Waals surface area contributed by atoms with Crippen LogP contribution in [0, 0.1) is 11.8 Å². The van der Waals surface area contributed by atoms with Crippen LogP contribution in [0.25, 0.3) is 0 Å². The van der Waals surface area contributed by atoms with Crippen LogP contribution in [-0.4, -0.2) is 17.3 Å². The van der Waals surface area contributed by atoms with Crippen molar-refractivity contribution in [1.82, 2.24) is 0 Å². The first-order chi connectivity index (χ1) is 9.56. The van der Waals surface area contributed by atoms with Gasteiger partial charge in [0.05, 0.1) is 0 Å². The SMILES string of the molecule is O=C1CC(c2ccc(Cl)cc2)CC(=O)C1C(=O)C1CC1. The van der Waals surface area contributed by atoms with Crippen LogP contribution in [0.3, 0.4) is 0 Å². The molecule has 1 aromatic carbocycles. The van der Waals surface area contributed by atoms with E-state index in [4.69, 9.17) is 11.6 Å². The molecule has 0 spiro atoms. The van der Waals surface area contributed by atoms with E-state index >= 15 is 0 Å². The maximum atomic E-state index is 12.2. The normalized spacial score (nSPS) is 26.6. The zero-order chi connectivity index (χ0) is 14.3. The second-order valence-electron chi connectivity index (χ2n) is 5.70. The van der Waals surface area contributed by atoms with Gasteiger partial charge >= 0.3 is 0 Å². The molecule has 0 N–H and O–H groups in total. The van der Waals surface area contributed by atoms with E-state index in [0.717, 1.165) is 18.4 Å². The van der Waals surface area contributed by atoms with Crippen LogP contribution < -0.4 is 0 Å². The van der Waals surface area contributed by atoms with Gasteiger partial charge in [0.2, 0.25) is 0 Å². The van der Waals surface area contributed by atoms with Crippen LogP contribution in [0.4, 0.5) is 0 Å². The number of benzene rings is 1. The number of hydrogen-bond donors (Lipinski definition) is 0. The molecule has 3 nitrogen and oxygen atoms in total. The number of hydrogen-bond acceptors (Lipinski definition) is 3. The molecule has 1 aromatic rings. The van der Waals surface area contributed by atoms with Gasteiger partial charge in [0, 0.05) is 23.8 Å². The smallest absolute Gasteiger partial charge is 0.153 e. The van der Waals surface area contributed by atoms with Crippen molar-refractivity contribution in [2.24, 2.45) is 11.8 Å². The van der Waals surface area contributed by atoms with E-state index in [-0.39, 0.29) is 42.0 Å². The quantitative estimate of drug-likeness (QED) is 0.804. The maximum absolute atomic E-state index is 12.2. The minimum Gasteiger partial charge on any atom is -0.298 e. The van der Waals surface area contributed by atoms with E-state index in [2.05, 4.69) is 0 Å². The standard InChI is InChI=1S/C16H15ClO3/c17-12-5-3-9(4-6-12)11-7-13(18)15(14(19)8-11)16(20)10-1-2-10/h3-6,10-11,15H,1-2,7-8H2. The van der Waals surface area contributed by atoms with E-state index in [0.29, 0.717) is 5.02 Å². The minimum absolute atomic E-state index is 0.0417. The summed E-state index contributed by atoms with van der Waals surface area (Å²) >= 11 is 5.84. The fourth-order valence-electron chi connectivity index (χ4n) is 2.86. The van der Waals surface area contributed by atoms with Gasteiger partial charge in [-0.25, -0.2) is 0 Å². The Morgan fingerprint density at radius 2 is 1.55 bits per heavy atom. The van der Waals surface area contributed by atoms with E-state index in [1.807, 2.05) is 12.1 Å². The summed E-state index contributed by atoms with van der Waals surface area (Å²) in [4.78, 5) is 36.3. The summed E-state index contributed by atoms with van der Waals surface area (Å²) in [5.41, 5.74) is 0.938. The first kappa shape index (κ1) is 13.5. The van der Waals surface area contributed by atoms with Crippen molar-refractivity contribution >= 4 is 29.0 Å². The zero-order valence-corrected chi connectivity index (χ0v) is 11.7. The summed E-state index contributed by atoms with van der Waals surface area (Å²) in [6, 6.07) is 7.20. The Labute approximate surface area is 122 Å². The molecule has 0 aromatic heterocycles. The second-order valence-corrected chi connectivity index (χ2v) is 6.14. The monoisotopic (exact) mass is 290 g/mol. The fraction of sp³-hybridized carbons (Fsp3) is 0.438. The van der Waals surface area contributed by atoms with Crippen molar-refractivity contribution in [3.05, 3.63) is 34.9 Å². The Bertz CT molecular complexity index is 554. The van der Waals surface area contributed by atoms with E-state index < -0.39 is 5.92 Å². The molecule has 0 unspecified atom stereocenters. The number of carbonyl (C=O) groups is 3. The molecule has 0 radical (unpaired) electrons. The van der Waals surface area contributed by atoms with Gasteiger partial charge in [0.25, 0.3) is 0 Å². The lowest BCUT2D eigenvalue weighted by Crippen LogP contribution is -2.38. The molecule has 4 heteroatoms. The van der Waals surface area contributed by atoms with E-state index in [1.165, 1.54) is 0 Å². The molecule has 104 valence electrons. The summed E-state index contributed by atoms with van der Waals surface area (Å²) < 4.78 is 0. The van der Waals surface area contributed by atoms with Gasteiger partial charge in [0.1, 0.15) is 5.92 Å². The second kappa shape index (κ2) is 5.13. The third-order valence-corrected chi connectivity index (χ3v) is 4.40. The molecule has 0 amide bonds. The molecule has 0 bridgehead atoms. The highest BCUT2D eigenvalue weighted by Crippen LogP contribution is 2.38. The van der Waals surface area contributed by atoms with Gasteiger partial charge in [-0.2, -0.15) is 0 Å². The van der Waals surface area contributed by atoms with Crippen molar-refractivity contribution in [3.8, 4) is 0 Å². The van der Waals surface area contributed by atoms with Gasteiger partial charge in [-0.05, 0) is 36.5 Å². The summed E-state index contributed by atoms with van der Waals surface area (Å²) in [6.45, 7) is 0. The molecule has 2 aliphatic rings. The van der Waals surface area contributed by atoms with Gasteiger partial charge in [0.15, 0.2) is 17.3 Å². The lowest BCUT2D eigenvalue weighted by Gasteiger charge is -2.26. The summed E-state index contributed by atoms with van der Waals surface area (Å²) in [5.74, 6) is -1.70. The molecule has 0 aliphatic heterocycles. The predicted molar refractivity (Wildman–Crippen MR) is 74.7 cm³/mol. The topological polar surface area (TPSA) is 51.2 Å². The Morgan fingerprint density at radius 1 is 1.00 bits per heavy atom. The fourth-order valence-corrected chi connectivity index (χ4v) is 2.99. The molecule has 20 heavy (non-hydrogen) atoms. The van der Waals surface area contributed by atoms with Gasteiger partial charge in [-0.1, -0.05) is 23.7 Å². The molecule has 0 atom stereocenters. The summed E-state index contributed by atoms with van der Waals surface area (Å²) in [6.07, 6.45) is 2.21. The Balaban J connectivity index is 1.76. The number of halogens is 1. The van der Waals surface area contributed by atoms with Crippen molar-refractivity contribution in [3.63, 3.8) is 0 Å². The molecule has 0 saturated heterocycles. The van der Waals surface area contributed by atoms with Crippen LogP contribution in [0.2, 0.25) is 5.02 Å². The van der Waals surface area contributed by atoms with E-state index in [9.17, 15) is 14.4 Å². The molecule has 2 fully saturated rings. The van der Waals surface area contributed by atoms with Gasteiger partial charge < -0.3 is 0 Å². The van der Waals surface area contributed by atoms with Crippen molar-refractivity contribution in [2.75, 3.05) is 0 Å². The minimum atomic E-state index is -0.981. The molecular weight excluding hydrogens is 276 g/mol. The number of ketones is 3. The first-order valence-electron chi connectivity index (χ1n) is 6.91. The van der Waals surface area contributed by atoms with Crippen LogP contribution >= 0.6 is 11.6 Å². The average molecular weight is 291 g/mol. The molecule has 2 saturated carbocycles. The molecule has 2 aliphatic carbocycles. The number of Topliss-reactive ketones (excluding diaryl/α,β-unsaturated/α-hetero) is 3. The number of rotatable bonds is 3. The summed E-state index contributed by atoms with van der Waals surface area (Å²) in [7, 11) is 0. The summed E-state index contributed by atoms with van der Waals surface area (Å²) in [5, 5.41) is 0.629. The third kappa shape index (κ3) is 2.55. The Morgan fingerprint density at radius 3 is 2.05 bits per heavy atom. The highest BCUT2D eigenvalue weighted by atomic mass is 35.5. The van der Waals surface area contributed by atoms with Gasteiger partial charge in [-0.15, -0.1) is 0 Å². The Hall–Kier alpha value is -1.48. The Kier molecular flexibility index (Phi) is 3.47. The average Bonchev–Trinajstić information content (AvgIpc) is 3.22. The zero-order valence-electron chi connectivity index (χ0n) is 11.0. The lowest BCUT2D eigenvalue weighted by atomic mass is 9.74.